The molecule has 2 heteroatoms. The fourth-order valence-corrected chi connectivity index (χ4v) is 6.33. The van der Waals surface area contributed by atoms with Gasteiger partial charge in [0.2, 0.25) is 0 Å². The minimum atomic E-state index is -0.101. The van der Waals surface area contributed by atoms with Crippen LogP contribution in [0.3, 0.4) is 0 Å². The summed E-state index contributed by atoms with van der Waals surface area (Å²) in [6.07, 6.45) is 0. The van der Waals surface area contributed by atoms with Crippen LogP contribution in [0.2, 0.25) is 0 Å². The Morgan fingerprint density at radius 3 is 1.73 bits per heavy atom. The van der Waals surface area contributed by atoms with Crippen LogP contribution in [-0.2, 0) is 17.1 Å². The predicted molar refractivity (Wildman–Crippen MR) is 68.1 cm³/mol. The molecule has 0 aliphatic heterocycles. The summed E-state index contributed by atoms with van der Waals surface area (Å²) in [5.74, 6) is 0. The second-order valence-electron chi connectivity index (χ2n) is 5.82. The monoisotopic (exact) mass is 265 g/mol. The molecule has 0 heterocycles. The van der Waals surface area contributed by atoms with Crippen LogP contribution < -0.4 is 5.30 Å². The van der Waals surface area contributed by atoms with Crippen molar-refractivity contribution in [3.05, 3.63) is 24.3 Å². The van der Waals surface area contributed by atoms with Gasteiger partial charge in [-0.2, -0.15) is 12.1 Å². The van der Waals surface area contributed by atoms with E-state index >= 15 is 0 Å². The zero-order valence-electron chi connectivity index (χ0n) is 10.6. The van der Waals surface area contributed by atoms with Gasteiger partial charge < -0.3 is 0 Å². The summed E-state index contributed by atoms with van der Waals surface area (Å²) in [5, 5.41) is 2.32. The Hall–Kier alpha value is 0.299. The van der Waals surface area contributed by atoms with Gasteiger partial charge in [0, 0.05) is 17.1 Å². The van der Waals surface area contributed by atoms with Crippen LogP contribution in [0.4, 0.5) is 0 Å². The maximum absolute atomic E-state index is 2.36. The van der Waals surface area contributed by atoms with Crippen molar-refractivity contribution in [1.82, 2.24) is 0 Å². The summed E-state index contributed by atoms with van der Waals surface area (Å²) >= 11 is 0. The van der Waals surface area contributed by atoms with Crippen LogP contribution in [0, 0.1) is 0 Å². The van der Waals surface area contributed by atoms with E-state index in [0.717, 1.165) is 0 Å². The first-order valence-electron chi connectivity index (χ1n) is 5.25. The van der Waals surface area contributed by atoms with Gasteiger partial charge in [-0.3, -0.25) is 0 Å². The molecule has 0 N–H and O–H groups in total. The van der Waals surface area contributed by atoms with Gasteiger partial charge in [0.1, 0.15) is 0 Å². The van der Waals surface area contributed by atoms with Gasteiger partial charge >= 0.3 is 0 Å². The van der Waals surface area contributed by atoms with Crippen molar-refractivity contribution < 1.29 is 17.1 Å². The van der Waals surface area contributed by atoms with E-state index in [-0.39, 0.29) is 25.0 Å². The molecule has 0 aliphatic rings. The Morgan fingerprint density at radius 2 is 1.47 bits per heavy atom. The first kappa shape index (κ1) is 15.3. The molecule has 1 aromatic carbocycles. The van der Waals surface area contributed by atoms with Crippen molar-refractivity contribution in [3.8, 4) is 0 Å². The van der Waals surface area contributed by atoms with Crippen LogP contribution in [-0.4, -0.2) is 10.3 Å². The summed E-state index contributed by atoms with van der Waals surface area (Å²) in [4.78, 5) is 0. The van der Waals surface area contributed by atoms with Gasteiger partial charge in [-0.1, -0.05) is 49.5 Å². The Bertz CT molecular complexity index is 260. The third kappa shape index (κ3) is 3.98. The largest absolute Gasteiger partial charge is 0.213 e. The molecular weight excluding hydrogens is 243 g/mol. The van der Waals surface area contributed by atoms with Gasteiger partial charge in [0.25, 0.3) is 0 Å². The molecule has 0 saturated heterocycles. The minimum Gasteiger partial charge on any atom is -0.213 e. The fraction of sp³-hybridized carbons (Fsp3) is 0.615. The van der Waals surface area contributed by atoms with Crippen LogP contribution >= 0.6 is 7.92 Å². The molecule has 0 fully saturated rings. The molecule has 0 atom stereocenters. The van der Waals surface area contributed by atoms with E-state index in [9.17, 15) is 0 Å². The van der Waals surface area contributed by atoms with Crippen molar-refractivity contribution in [2.45, 2.75) is 51.9 Å². The number of hydrogen-bond acceptors (Lipinski definition) is 0. The molecule has 1 rings (SSSR count). The van der Waals surface area contributed by atoms with E-state index in [0.29, 0.717) is 10.3 Å². The molecule has 0 amide bonds. The van der Waals surface area contributed by atoms with Crippen molar-refractivity contribution in [1.29, 1.82) is 0 Å². The Morgan fingerprint density at radius 1 is 1.00 bits per heavy atom. The van der Waals surface area contributed by atoms with Gasteiger partial charge in [-0.25, -0.2) is 12.1 Å². The molecule has 15 heavy (non-hydrogen) atoms. The average molecular weight is 265 g/mol. The van der Waals surface area contributed by atoms with Gasteiger partial charge in [0.05, 0.1) is 0 Å². The molecule has 0 aliphatic carbocycles. The molecular formula is C13H22FeP-. The Labute approximate surface area is 106 Å². The van der Waals surface area contributed by atoms with Crippen LogP contribution in [0.15, 0.2) is 24.3 Å². The molecule has 0 nitrogen and oxygen atoms in total. The second-order valence-corrected chi connectivity index (χ2v) is 9.69. The molecule has 0 radical (unpaired) electrons. The SMILES string of the molecule is CC(C)(C)P(c1ccc[cH-]1)C(C)(C)C.[Fe]. The molecule has 0 saturated carbocycles. The topological polar surface area (TPSA) is 0 Å². The van der Waals surface area contributed by atoms with E-state index in [4.69, 9.17) is 0 Å². The predicted octanol–water partition coefficient (Wildman–Crippen LogP) is 4.11. The third-order valence-electron chi connectivity index (χ3n) is 2.24. The van der Waals surface area contributed by atoms with Crippen LogP contribution in [0.25, 0.3) is 0 Å². The Kier molecular flexibility index (Phi) is 5.19. The van der Waals surface area contributed by atoms with Crippen molar-refractivity contribution in [2.75, 3.05) is 0 Å². The van der Waals surface area contributed by atoms with Crippen LogP contribution in [0.5, 0.6) is 0 Å². The maximum Gasteiger partial charge on any atom is 0 e. The number of rotatable bonds is 1. The van der Waals surface area contributed by atoms with E-state index in [1.54, 1.807) is 5.30 Å². The van der Waals surface area contributed by atoms with Crippen molar-refractivity contribution in [2.24, 2.45) is 0 Å². The average Bonchev–Trinajstić information content (AvgIpc) is 2.31. The summed E-state index contributed by atoms with van der Waals surface area (Å²) in [6.45, 7) is 14.1. The van der Waals surface area contributed by atoms with Crippen molar-refractivity contribution in [3.63, 3.8) is 0 Å². The van der Waals surface area contributed by atoms with Crippen molar-refractivity contribution >= 4 is 13.2 Å². The van der Waals surface area contributed by atoms with Gasteiger partial charge in [0.15, 0.2) is 0 Å². The van der Waals surface area contributed by atoms with Crippen LogP contribution in [0.1, 0.15) is 41.5 Å². The molecule has 88 valence electrons. The molecule has 1 aromatic rings. The normalized spacial score (nSPS) is 12.7. The number of hydrogen-bond donors (Lipinski definition) is 0. The minimum absolute atomic E-state index is 0. The first-order valence-corrected chi connectivity index (χ1v) is 6.59. The zero-order chi connectivity index (χ0) is 11.0. The zero-order valence-corrected chi connectivity index (χ0v) is 12.6. The molecule has 0 unspecified atom stereocenters. The first-order chi connectivity index (χ1) is 6.23. The Balaban J connectivity index is 0.00000196. The third-order valence-corrected chi connectivity index (χ3v) is 5.74. The summed E-state index contributed by atoms with van der Waals surface area (Å²) < 4.78 is 0. The second kappa shape index (κ2) is 5.09. The van der Waals surface area contributed by atoms with Gasteiger partial charge in [-0.15, -0.1) is 5.30 Å². The summed E-state index contributed by atoms with van der Waals surface area (Å²) in [6, 6.07) is 8.87. The van der Waals surface area contributed by atoms with E-state index in [1.807, 2.05) is 0 Å². The molecule has 0 spiro atoms. The van der Waals surface area contributed by atoms with E-state index in [1.165, 1.54) is 0 Å². The quantitative estimate of drug-likeness (QED) is 0.407. The van der Waals surface area contributed by atoms with Gasteiger partial charge in [-0.05, 0) is 10.3 Å². The fourth-order valence-electron chi connectivity index (χ4n) is 2.29. The smallest absolute Gasteiger partial charge is 0 e. The van der Waals surface area contributed by atoms with E-state index < -0.39 is 0 Å². The summed E-state index contributed by atoms with van der Waals surface area (Å²) in [5.41, 5.74) is 0. The standard InChI is InChI=1S/C13H22P.Fe/c1-12(2,3)14(13(4,5)6)11-9-7-8-10-11;/h7-10H,1-6H3;/q-1;. The maximum atomic E-state index is 2.36. The summed E-state index contributed by atoms with van der Waals surface area (Å²) in [7, 11) is -0.101. The van der Waals surface area contributed by atoms with E-state index in [2.05, 4.69) is 65.8 Å². The molecule has 0 aromatic heterocycles. The molecule has 0 bridgehead atoms.